The van der Waals surface area contributed by atoms with Gasteiger partial charge in [0.05, 0.1) is 18.0 Å². The highest BCUT2D eigenvalue weighted by Crippen LogP contribution is 2.34. The number of hydrogen-bond donors (Lipinski definition) is 3. The largest absolute Gasteiger partial charge is 0.334 e. The van der Waals surface area contributed by atoms with Gasteiger partial charge in [-0.25, -0.2) is 17.6 Å². The van der Waals surface area contributed by atoms with Crippen LogP contribution in [0.2, 0.25) is 0 Å². The van der Waals surface area contributed by atoms with Crippen LogP contribution in [0.4, 0.5) is 14.9 Å². The van der Waals surface area contributed by atoms with Crippen LogP contribution in [0.3, 0.4) is 0 Å². The van der Waals surface area contributed by atoms with Crippen molar-refractivity contribution in [3.8, 4) is 0 Å². The molecule has 30 heavy (non-hydrogen) atoms. The number of amides is 2. The molecule has 1 aliphatic carbocycles. The molecule has 6 nitrogen and oxygen atoms in total. The molecule has 0 aliphatic heterocycles. The number of nitrogens with one attached hydrogen (secondary N) is 3. The van der Waals surface area contributed by atoms with Gasteiger partial charge in [-0.1, -0.05) is 45.0 Å². The monoisotopic (exact) mass is 433 g/mol. The Labute approximate surface area is 177 Å². The molecule has 0 fully saturated rings. The maximum atomic E-state index is 14.1. The van der Waals surface area contributed by atoms with Gasteiger partial charge in [-0.05, 0) is 52.6 Å². The minimum absolute atomic E-state index is 0.0490. The lowest BCUT2D eigenvalue weighted by atomic mass is 9.85. The van der Waals surface area contributed by atoms with Gasteiger partial charge in [-0.3, -0.25) is 4.72 Å². The minimum atomic E-state index is -3.56. The smallest absolute Gasteiger partial charge is 0.315 e. The van der Waals surface area contributed by atoms with Crippen molar-refractivity contribution < 1.29 is 17.6 Å². The van der Waals surface area contributed by atoms with Crippen molar-refractivity contribution in [1.82, 2.24) is 10.6 Å². The number of halogens is 1. The quantitative estimate of drug-likeness (QED) is 0.667. The van der Waals surface area contributed by atoms with Crippen LogP contribution in [0.5, 0.6) is 0 Å². The van der Waals surface area contributed by atoms with E-state index in [2.05, 4.69) is 54.3 Å². The molecule has 0 radical (unpaired) electrons. The summed E-state index contributed by atoms with van der Waals surface area (Å²) in [5, 5.41) is 5.72. The van der Waals surface area contributed by atoms with Crippen molar-refractivity contribution in [2.24, 2.45) is 0 Å². The topological polar surface area (TPSA) is 87.3 Å². The molecule has 0 heterocycles. The zero-order valence-electron chi connectivity index (χ0n) is 17.7. The number of rotatable bonds is 5. The van der Waals surface area contributed by atoms with Crippen molar-refractivity contribution in [3.05, 3.63) is 64.5 Å². The van der Waals surface area contributed by atoms with Gasteiger partial charge in [0.1, 0.15) is 5.82 Å². The maximum Gasteiger partial charge on any atom is 0.315 e. The van der Waals surface area contributed by atoms with Crippen LogP contribution < -0.4 is 15.4 Å². The lowest BCUT2D eigenvalue weighted by Gasteiger charge is -2.21. The van der Waals surface area contributed by atoms with E-state index in [1.54, 1.807) is 6.07 Å². The predicted molar refractivity (Wildman–Crippen MR) is 116 cm³/mol. The summed E-state index contributed by atoms with van der Waals surface area (Å²) in [6.45, 7) is 6.67. The number of urea groups is 1. The number of sulfonamides is 1. The zero-order valence-corrected chi connectivity index (χ0v) is 18.5. The number of fused-ring (bicyclic) bond motifs is 1. The van der Waals surface area contributed by atoms with Gasteiger partial charge in [-0.2, -0.15) is 0 Å². The molecule has 162 valence electrons. The first-order chi connectivity index (χ1) is 13.9. The van der Waals surface area contributed by atoms with Crippen LogP contribution in [0.1, 0.15) is 55.5 Å². The molecule has 1 aliphatic rings. The molecule has 3 N–H and O–H groups in total. The van der Waals surface area contributed by atoms with E-state index < -0.39 is 15.8 Å². The second-order valence-electron chi connectivity index (χ2n) is 8.77. The van der Waals surface area contributed by atoms with Crippen molar-refractivity contribution in [2.75, 3.05) is 11.0 Å². The first kappa shape index (κ1) is 22.1. The van der Waals surface area contributed by atoms with Crippen LogP contribution >= 0.6 is 0 Å². The second-order valence-corrected chi connectivity index (χ2v) is 10.5. The number of carbonyl (C=O) groups excluding carboxylic acids is 1. The van der Waals surface area contributed by atoms with Gasteiger partial charge >= 0.3 is 6.03 Å². The number of benzene rings is 2. The standard InChI is InChI=1S/C22H28FN3O3S/c1-22(2,3)16-7-8-17-15(12-16)6-10-19(17)25-21(27)24-13-14-5-9-20(18(23)11-14)26-30(4,28)29/h5,7-9,11-12,19,26H,6,10,13H2,1-4H3,(H2,24,25,27)/t19-/m1/s1. The SMILES string of the molecule is CC(C)(C)c1ccc2c(c1)CC[C@H]2NC(=O)NCc1ccc(NS(C)(=O)=O)c(F)c1. The van der Waals surface area contributed by atoms with E-state index in [-0.39, 0.29) is 29.7 Å². The molecular formula is C22H28FN3O3S. The fourth-order valence-electron chi connectivity index (χ4n) is 3.58. The lowest BCUT2D eigenvalue weighted by Crippen LogP contribution is -2.37. The highest BCUT2D eigenvalue weighted by Gasteiger charge is 2.25. The molecule has 0 spiro atoms. The summed E-state index contributed by atoms with van der Waals surface area (Å²) in [6, 6.07) is 10.2. The minimum Gasteiger partial charge on any atom is -0.334 e. The molecular weight excluding hydrogens is 405 g/mol. The Morgan fingerprint density at radius 1 is 1.17 bits per heavy atom. The molecule has 0 bridgehead atoms. The zero-order chi connectivity index (χ0) is 22.1. The number of anilines is 1. The average molecular weight is 434 g/mol. The van der Waals surface area contributed by atoms with Gasteiger partial charge < -0.3 is 10.6 Å². The van der Waals surface area contributed by atoms with Gasteiger partial charge in [0, 0.05) is 6.54 Å². The Morgan fingerprint density at radius 2 is 1.90 bits per heavy atom. The summed E-state index contributed by atoms with van der Waals surface area (Å²) in [4.78, 5) is 12.3. The first-order valence-corrected chi connectivity index (χ1v) is 11.8. The molecule has 2 aromatic rings. The van der Waals surface area contributed by atoms with E-state index in [1.165, 1.54) is 23.3 Å². The second kappa shape index (κ2) is 8.26. The van der Waals surface area contributed by atoms with Crippen molar-refractivity contribution in [3.63, 3.8) is 0 Å². The van der Waals surface area contributed by atoms with Crippen LogP contribution in [0.25, 0.3) is 0 Å². The Bertz CT molecular complexity index is 1060. The molecule has 2 aromatic carbocycles. The maximum absolute atomic E-state index is 14.1. The Balaban J connectivity index is 1.58. The molecule has 3 rings (SSSR count). The van der Waals surface area contributed by atoms with Gasteiger partial charge in [0.2, 0.25) is 10.0 Å². The third kappa shape index (κ3) is 5.50. The Hall–Kier alpha value is -2.61. The van der Waals surface area contributed by atoms with E-state index >= 15 is 0 Å². The van der Waals surface area contributed by atoms with E-state index in [9.17, 15) is 17.6 Å². The van der Waals surface area contributed by atoms with Crippen LogP contribution in [-0.4, -0.2) is 20.7 Å². The summed E-state index contributed by atoms with van der Waals surface area (Å²) in [6.07, 6.45) is 2.72. The fraction of sp³-hybridized carbons (Fsp3) is 0.409. The molecule has 2 amide bonds. The van der Waals surface area contributed by atoms with E-state index in [0.29, 0.717) is 5.56 Å². The Kier molecular flexibility index (Phi) is 6.08. The predicted octanol–water partition coefficient (Wildman–Crippen LogP) is 3.98. The van der Waals surface area contributed by atoms with Crippen molar-refractivity contribution in [1.29, 1.82) is 0 Å². The summed E-state index contributed by atoms with van der Waals surface area (Å²) in [7, 11) is -3.56. The number of hydrogen-bond acceptors (Lipinski definition) is 3. The highest BCUT2D eigenvalue weighted by atomic mass is 32.2. The summed E-state index contributed by atoms with van der Waals surface area (Å²) in [5.41, 5.74) is 4.18. The lowest BCUT2D eigenvalue weighted by molar-refractivity contribution is 0.236. The molecule has 1 atom stereocenters. The van der Waals surface area contributed by atoms with Gasteiger partial charge in [0.25, 0.3) is 0 Å². The summed E-state index contributed by atoms with van der Waals surface area (Å²) < 4.78 is 38.6. The van der Waals surface area contributed by atoms with E-state index in [0.717, 1.165) is 24.7 Å². The van der Waals surface area contributed by atoms with Gasteiger partial charge in [-0.15, -0.1) is 0 Å². The third-order valence-electron chi connectivity index (χ3n) is 5.17. The van der Waals surface area contributed by atoms with Crippen LogP contribution in [0, 0.1) is 5.82 Å². The highest BCUT2D eigenvalue weighted by molar-refractivity contribution is 7.92. The molecule has 0 unspecified atom stereocenters. The summed E-state index contributed by atoms with van der Waals surface area (Å²) >= 11 is 0. The first-order valence-electron chi connectivity index (χ1n) is 9.86. The number of aryl methyl sites for hydroxylation is 1. The van der Waals surface area contributed by atoms with Gasteiger partial charge in [0.15, 0.2) is 0 Å². The molecule has 0 aromatic heterocycles. The molecule has 0 saturated carbocycles. The molecule has 8 heteroatoms. The van der Waals surface area contributed by atoms with E-state index in [4.69, 9.17) is 0 Å². The van der Waals surface area contributed by atoms with Crippen molar-refractivity contribution >= 4 is 21.7 Å². The Morgan fingerprint density at radius 3 is 2.53 bits per heavy atom. The third-order valence-corrected chi connectivity index (χ3v) is 5.76. The average Bonchev–Trinajstić information content (AvgIpc) is 3.02. The molecule has 0 saturated heterocycles. The van der Waals surface area contributed by atoms with E-state index in [1.807, 2.05) is 0 Å². The number of carbonyl (C=O) groups is 1. The van der Waals surface area contributed by atoms with Crippen molar-refractivity contribution in [2.45, 2.75) is 51.6 Å². The fourth-order valence-corrected chi connectivity index (χ4v) is 4.14. The normalized spacial score (nSPS) is 16.1. The summed E-state index contributed by atoms with van der Waals surface area (Å²) in [5.74, 6) is -0.695. The van der Waals surface area contributed by atoms with Crippen LogP contribution in [0.15, 0.2) is 36.4 Å². The van der Waals surface area contributed by atoms with Crippen LogP contribution in [-0.2, 0) is 28.4 Å².